The van der Waals surface area contributed by atoms with Gasteiger partial charge < -0.3 is 10.4 Å². The molecule has 0 rings (SSSR count). The first-order valence-corrected chi connectivity index (χ1v) is 4.66. The highest BCUT2D eigenvalue weighted by molar-refractivity contribution is 9.10. The topological polar surface area (TPSA) is 49.3 Å². The van der Waals surface area contributed by atoms with Crippen LogP contribution >= 0.6 is 15.9 Å². The summed E-state index contributed by atoms with van der Waals surface area (Å²) in [5.74, 6) is 0.000880. The summed E-state index contributed by atoms with van der Waals surface area (Å²) in [6.07, 6.45) is 1.40. The van der Waals surface area contributed by atoms with Crippen LogP contribution in [0.25, 0.3) is 0 Å². The predicted molar refractivity (Wildman–Crippen MR) is 47.7 cm³/mol. The van der Waals surface area contributed by atoms with Crippen LogP contribution in [0.1, 0.15) is 19.8 Å². The normalized spacial score (nSPS) is 12.6. The second-order valence-electron chi connectivity index (χ2n) is 2.24. The first-order valence-electron chi connectivity index (χ1n) is 3.75. The number of rotatable bonds is 5. The van der Waals surface area contributed by atoms with Crippen molar-refractivity contribution in [3.8, 4) is 0 Å². The molecule has 0 aliphatic rings. The Morgan fingerprint density at radius 1 is 1.73 bits per heavy atom. The van der Waals surface area contributed by atoms with Crippen molar-refractivity contribution in [2.75, 3.05) is 13.2 Å². The molecule has 0 radical (unpaired) electrons. The van der Waals surface area contributed by atoms with Crippen LogP contribution in [0.2, 0.25) is 0 Å². The number of hydrogen-bond donors (Lipinski definition) is 2. The lowest BCUT2D eigenvalue weighted by Gasteiger charge is -2.06. The third-order valence-electron chi connectivity index (χ3n) is 1.28. The Morgan fingerprint density at radius 3 is 2.82 bits per heavy atom. The average molecular weight is 224 g/mol. The molecule has 3 nitrogen and oxygen atoms in total. The Kier molecular flexibility index (Phi) is 6.56. The molecular weight excluding hydrogens is 210 g/mol. The van der Waals surface area contributed by atoms with Crippen LogP contribution in [0.5, 0.6) is 0 Å². The number of halogens is 1. The molecule has 0 aliphatic heterocycles. The van der Waals surface area contributed by atoms with Crippen LogP contribution in [-0.2, 0) is 4.79 Å². The van der Waals surface area contributed by atoms with Gasteiger partial charge in [0.1, 0.15) is 0 Å². The summed E-state index contributed by atoms with van der Waals surface area (Å²) in [5, 5.41) is 11.1. The van der Waals surface area contributed by atoms with Gasteiger partial charge >= 0.3 is 0 Å². The van der Waals surface area contributed by atoms with Gasteiger partial charge in [-0.1, -0.05) is 22.9 Å². The molecule has 11 heavy (non-hydrogen) atoms. The molecule has 1 amide bonds. The van der Waals surface area contributed by atoms with E-state index in [1.54, 1.807) is 0 Å². The van der Waals surface area contributed by atoms with Gasteiger partial charge in [-0.05, 0) is 12.8 Å². The average Bonchev–Trinajstić information content (AvgIpc) is 2.03. The first-order chi connectivity index (χ1) is 5.22. The van der Waals surface area contributed by atoms with Gasteiger partial charge in [0, 0.05) is 13.2 Å². The highest BCUT2D eigenvalue weighted by Gasteiger charge is 2.10. The van der Waals surface area contributed by atoms with Crippen molar-refractivity contribution in [2.24, 2.45) is 0 Å². The number of carbonyl (C=O) groups is 1. The molecule has 0 fully saturated rings. The molecule has 0 aromatic carbocycles. The Labute approximate surface area is 75.3 Å². The van der Waals surface area contributed by atoms with E-state index in [0.717, 1.165) is 6.42 Å². The van der Waals surface area contributed by atoms with Crippen LogP contribution < -0.4 is 5.32 Å². The van der Waals surface area contributed by atoms with Gasteiger partial charge in [-0.15, -0.1) is 0 Å². The number of carbonyl (C=O) groups excluding carboxylic acids is 1. The number of aliphatic hydroxyl groups excluding tert-OH is 1. The minimum absolute atomic E-state index is 0.000880. The van der Waals surface area contributed by atoms with Crippen molar-refractivity contribution < 1.29 is 9.90 Å². The van der Waals surface area contributed by atoms with Gasteiger partial charge in [-0.3, -0.25) is 4.79 Å². The van der Waals surface area contributed by atoms with Gasteiger partial charge in [-0.2, -0.15) is 0 Å². The summed E-state index contributed by atoms with van der Waals surface area (Å²) in [5.41, 5.74) is 0. The van der Waals surface area contributed by atoms with E-state index in [4.69, 9.17) is 5.11 Å². The summed E-state index contributed by atoms with van der Waals surface area (Å²) < 4.78 is 0. The quantitative estimate of drug-likeness (QED) is 0.532. The first kappa shape index (κ1) is 10.9. The monoisotopic (exact) mass is 223 g/mol. The highest BCUT2D eigenvalue weighted by Crippen LogP contribution is 2.03. The molecule has 2 N–H and O–H groups in total. The summed E-state index contributed by atoms with van der Waals surface area (Å²) >= 11 is 3.22. The number of alkyl halides is 1. The second kappa shape index (κ2) is 6.61. The molecule has 0 aliphatic carbocycles. The predicted octanol–water partition coefficient (Wildman–Crippen LogP) is 0.659. The van der Waals surface area contributed by atoms with E-state index in [0.29, 0.717) is 13.0 Å². The Morgan fingerprint density at radius 2 is 2.36 bits per heavy atom. The maximum Gasteiger partial charge on any atom is 0.233 e. The maximum atomic E-state index is 11.0. The lowest BCUT2D eigenvalue weighted by Crippen LogP contribution is -2.31. The molecule has 0 spiro atoms. The summed E-state index contributed by atoms with van der Waals surface area (Å²) in [7, 11) is 0. The third kappa shape index (κ3) is 5.21. The fourth-order valence-electron chi connectivity index (χ4n) is 0.587. The zero-order valence-electron chi connectivity index (χ0n) is 6.64. The number of aliphatic hydroxyl groups is 1. The summed E-state index contributed by atoms with van der Waals surface area (Å²) in [4.78, 5) is 10.9. The molecule has 1 unspecified atom stereocenters. The van der Waals surface area contributed by atoms with Gasteiger partial charge in [0.15, 0.2) is 0 Å². The smallest absolute Gasteiger partial charge is 0.233 e. The molecule has 0 saturated heterocycles. The van der Waals surface area contributed by atoms with Crippen LogP contribution in [0.3, 0.4) is 0 Å². The van der Waals surface area contributed by atoms with Crippen LogP contribution in [0.15, 0.2) is 0 Å². The fourth-order valence-corrected chi connectivity index (χ4v) is 0.749. The SMILES string of the molecule is CCC(Br)C(=O)NCCCO. The molecule has 4 heteroatoms. The largest absolute Gasteiger partial charge is 0.396 e. The third-order valence-corrected chi connectivity index (χ3v) is 2.34. The van der Waals surface area contributed by atoms with Gasteiger partial charge in [0.05, 0.1) is 4.83 Å². The highest BCUT2D eigenvalue weighted by atomic mass is 79.9. The summed E-state index contributed by atoms with van der Waals surface area (Å²) in [6, 6.07) is 0. The van der Waals surface area contributed by atoms with Crippen LogP contribution in [-0.4, -0.2) is 29.0 Å². The van der Waals surface area contributed by atoms with Crippen molar-refractivity contribution in [3.05, 3.63) is 0 Å². The van der Waals surface area contributed by atoms with E-state index >= 15 is 0 Å². The van der Waals surface area contributed by atoms with E-state index in [1.807, 2.05) is 6.92 Å². The standard InChI is InChI=1S/C7H14BrNO2/c1-2-6(8)7(11)9-4-3-5-10/h6,10H,2-5H2,1H3,(H,9,11). The Balaban J connectivity index is 3.36. The number of hydrogen-bond acceptors (Lipinski definition) is 2. The van der Waals surface area contributed by atoms with Crippen molar-refractivity contribution in [1.82, 2.24) is 5.32 Å². The van der Waals surface area contributed by atoms with E-state index in [1.165, 1.54) is 0 Å². The van der Waals surface area contributed by atoms with Crippen molar-refractivity contribution in [3.63, 3.8) is 0 Å². The minimum atomic E-state index is -0.0961. The maximum absolute atomic E-state index is 11.0. The van der Waals surface area contributed by atoms with E-state index in [9.17, 15) is 4.79 Å². The molecule has 0 heterocycles. The van der Waals surface area contributed by atoms with Gasteiger partial charge in [0.2, 0.25) is 5.91 Å². The van der Waals surface area contributed by atoms with Gasteiger partial charge in [-0.25, -0.2) is 0 Å². The van der Waals surface area contributed by atoms with Crippen LogP contribution in [0, 0.1) is 0 Å². The molecule has 0 bridgehead atoms. The number of nitrogens with one attached hydrogen (secondary N) is 1. The number of amides is 1. The van der Waals surface area contributed by atoms with E-state index < -0.39 is 0 Å². The molecular formula is C7H14BrNO2. The molecule has 0 aromatic heterocycles. The zero-order chi connectivity index (χ0) is 8.69. The second-order valence-corrected chi connectivity index (χ2v) is 3.35. The van der Waals surface area contributed by atoms with Crippen molar-refractivity contribution in [2.45, 2.75) is 24.6 Å². The molecule has 66 valence electrons. The molecule has 1 atom stereocenters. The molecule has 0 saturated carbocycles. The van der Waals surface area contributed by atoms with Crippen LogP contribution in [0.4, 0.5) is 0 Å². The summed E-state index contributed by atoms with van der Waals surface area (Å²) in [6.45, 7) is 2.61. The van der Waals surface area contributed by atoms with Crippen molar-refractivity contribution in [1.29, 1.82) is 0 Å². The van der Waals surface area contributed by atoms with E-state index in [-0.39, 0.29) is 17.3 Å². The fraction of sp³-hybridized carbons (Fsp3) is 0.857. The van der Waals surface area contributed by atoms with Crippen molar-refractivity contribution >= 4 is 21.8 Å². The lowest BCUT2D eigenvalue weighted by molar-refractivity contribution is -0.120. The molecule has 0 aromatic rings. The van der Waals surface area contributed by atoms with E-state index in [2.05, 4.69) is 21.2 Å². The lowest BCUT2D eigenvalue weighted by atomic mass is 10.3. The zero-order valence-corrected chi connectivity index (χ0v) is 8.23. The Bertz CT molecular complexity index is 119. The Hall–Kier alpha value is -0.0900. The van der Waals surface area contributed by atoms with Gasteiger partial charge in [0.25, 0.3) is 0 Å². The minimum Gasteiger partial charge on any atom is -0.396 e.